The van der Waals surface area contributed by atoms with Crippen molar-refractivity contribution in [3.8, 4) is 11.3 Å². The van der Waals surface area contributed by atoms with Crippen LogP contribution in [-0.2, 0) is 4.74 Å². The Morgan fingerprint density at radius 3 is 2.91 bits per heavy atom. The maximum atomic E-state index is 12.6. The molecule has 0 aliphatic carbocycles. The van der Waals surface area contributed by atoms with Crippen molar-refractivity contribution in [2.24, 2.45) is 0 Å². The van der Waals surface area contributed by atoms with Gasteiger partial charge in [0, 0.05) is 23.2 Å². The van der Waals surface area contributed by atoms with Crippen molar-refractivity contribution in [1.29, 1.82) is 0 Å². The molecule has 0 unspecified atom stereocenters. The molecule has 0 bridgehead atoms. The van der Waals surface area contributed by atoms with E-state index in [-0.39, 0.29) is 17.2 Å². The summed E-state index contributed by atoms with van der Waals surface area (Å²) in [4.78, 5) is 14.4. The predicted octanol–water partition coefficient (Wildman–Crippen LogP) is 3.25. The Hall–Kier alpha value is -1.85. The molecule has 116 valence electrons. The minimum atomic E-state index is -0.363. The summed E-state index contributed by atoms with van der Waals surface area (Å²) in [7, 11) is 0. The summed E-state index contributed by atoms with van der Waals surface area (Å²) in [6.07, 6.45) is 0. The number of nitrogens with zero attached hydrogens (tertiary/aromatic N) is 2. The summed E-state index contributed by atoms with van der Waals surface area (Å²) in [5.41, 5.74) is 1.05. The van der Waals surface area contributed by atoms with Gasteiger partial charge in [0.15, 0.2) is 0 Å². The summed E-state index contributed by atoms with van der Waals surface area (Å²) >= 11 is 5.98. The van der Waals surface area contributed by atoms with E-state index in [1.807, 2.05) is 26.0 Å². The molecule has 1 fully saturated rings. The zero-order valence-corrected chi connectivity index (χ0v) is 13.3. The van der Waals surface area contributed by atoms with E-state index in [4.69, 9.17) is 20.9 Å². The van der Waals surface area contributed by atoms with E-state index < -0.39 is 0 Å². The monoisotopic (exact) mass is 320 g/mol. The molecule has 0 spiro atoms. The Labute approximate surface area is 133 Å². The maximum Gasteiger partial charge on any atom is 0.293 e. The summed E-state index contributed by atoms with van der Waals surface area (Å²) in [6.45, 7) is 5.52. The first kappa shape index (κ1) is 15.1. The van der Waals surface area contributed by atoms with Crippen LogP contribution < -0.4 is 0 Å². The molecule has 6 heteroatoms. The van der Waals surface area contributed by atoms with Gasteiger partial charge in [0.05, 0.1) is 18.8 Å². The number of benzene rings is 1. The van der Waals surface area contributed by atoms with Crippen LogP contribution in [0.15, 0.2) is 34.9 Å². The predicted molar refractivity (Wildman–Crippen MR) is 82.9 cm³/mol. The van der Waals surface area contributed by atoms with Crippen LogP contribution in [0.25, 0.3) is 11.3 Å². The number of halogens is 1. The molecule has 2 aromatic rings. The summed E-state index contributed by atoms with van der Waals surface area (Å²) < 4.78 is 10.7. The van der Waals surface area contributed by atoms with Gasteiger partial charge in [0.2, 0.25) is 5.76 Å². The molecule has 0 atom stereocenters. The maximum absolute atomic E-state index is 12.6. The van der Waals surface area contributed by atoms with Crippen molar-refractivity contribution >= 4 is 17.5 Å². The van der Waals surface area contributed by atoms with Crippen LogP contribution in [0, 0.1) is 0 Å². The van der Waals surface area contributed by atoms with E-state index >= 15 is 0 Å². The number of rotatable bonds is 2. The molecule has 1 aromatic heterocycles. The molecule has 1 saturated heterocycles. The average molecular weight is 321 g/mol. The Kier molecular flexibility index (Phi) is 3.93. The Bertz CT molecular complexity index is 696. The normalized spacial score (nSPS) is 17.5. The fourth-order valence-corrected chi connectivity index (χ4v) is 2.72. The number of aromatic nitrogens is 1. The Balaban J connectivity index is 1.86. The Morgan fingerprint density at radius 2 is 2.18 bits per heavy atom. The number of amides is 1. The van der Waals surface area contributed by atoms with Crippen LogP contribution in [0.5, 0.6) is 0 Å². The first-order valence-corrected chi connectivity index (χ1v) is 7.47. The van der Waals surface area contributed by atoms with Gasteiger partial charge in [-0.15, -0.1) is 0 Å². The molecule has 2 heterocycles. The quantitative estimate of drug-likeness (QED) is 0.852. The Morgan fingerprint density at radius 1 is 1.36 bits per heavy atom. The van der Waals surface area contributed by atoms with Crippen molar-refractivity contribution < 1.29 is 14.1 Å². The van der Waals surface area contributed by atoms with Crippen molar-refractivity contribution in [2.45, 2.75) is 19.4 Å². The minimum absolute atomic E-state index is 0.172. The zero-order chi connectivity index (χ0) is 15.7. The summed E-state index contributed by atoms with van der Waals surface area (Å²) in [5.74, 6) is 0.0547. The lowest BCUT2D eigenvalue weighted by Gasteiger charge is -2.41. The van der Waals surface area contributed by atoms with E-state index in [9.17, 15) is 4.79 Å². The number of carbonyl (C=O) groups is 1. The summed E-state index contributed by atoms with van der Waals surface area (Å²) in [6, 6.07) is 8.93. The second-order valence-electron chi connectivity index (χ2n) is 5.91. The van der Waals surface area contributed by atoms with Gasteiger partial charge in [-0.1, -0.05) is 28.9 Å². The first-order chi connectivity index (χ1) is 10.5. The third-order valence-electron chi connectivity index (χ3n) is 3.73. The van der Waals surface area contributed by atoms with Crippen LogP contribution in [0.1, 0.15) is 24.4 Å². The van der Waals surface area contributed by atoms with Gasteiger partial charge in [-0.2, -0.15) is 0 Å². The first-order valence-electron chi connectivity index (χ1n) is 7.10. The molecular formula is C16H17ClN2O3. The largest absolute Gasteiger partial charge is 0.377 e. The second kappa shape index (κ2) is 5.74. The smallest absolute Gasteiger partial charge is 0.293 e. The highest BCUT2D eigenvalue weighted by atomic mass is 35.5. The number of hydrogen-bond donors (Lipinski definition) is 0. The molecule has 1 aromatic carbocycles. The van der Waals surface area contributed by atoms with E-state index in [2.05, 4.69) is 5.16 Å². The molecule has 1 aliphatic rings. The third-order valence-corrected chi connectivity index (χ3v) is 3.97. The SMILES string of the molecule is CC1(C)COCCN1C(=O)c1cc(-c2cccc(Cl)c2)no1. The van der Waals surface area contributed by atoms with Crippen molar-refractivity contribution in [3.63, 3.8) is 0 Å². The number of hydrogen-bond acceptors (Lipinski definition) is 4. The van der Waals surface area contributed by atoms with Crippen LogP contribution >= 0.6 is 11.6 Å². The molecule has 1 amide bonds. The van der Waals surface area contributed by atoms with Crippen molar-refractivity contribution in [3.05, 3.63) is 41.1 Å². The third kappa shape index (κ3) is 2.87. The van der Waals surface area contributed by atoms with Gasteiger partial charge in [-0.25, -0.2) is 0 Å². The molecule has 1 aliphatic heterocycles. The molecule has 0 saturated carbocycles. The standard InChI is InChI=1S/C16H17ClN2O3/c1-16(2)10-21-7-6-19(16)15(20)14-9-13(18-22-14)11-4-3-5-12(17)8-11/h3-5,8-9H,6-7,10H2,1-2H3. The highest BCUT2D eigenvalue weighted by molar-refractivity contribution is 6.30. The summed E-state index contributed by atoms with van der Waals surface area (Å²) in [5, 5.41) is 4.59. The van der Waals surface area contributed by atoms with Crippen LogP contribution in [0.2, 0.25) is 5.02 Å². The van der Waals surface area contributed by atoms with Gasteiger partial charge in [-0.3, -0.25) is 4.79 Å². The van der Waals surface area contributed by atoms with Gasteiger partial charge in [0.25, 0.3) is 5.91 Å². The highest BCUT2D eigenvalue weighted by Crippen LogP contribution is 2.25. The topological polar surface area (TPSA) is 55.6 Å². The fraction of sp³-hybridized carbons (Fsp3) is 0.375. The highest BCUT2D eigenvalue weighted by Gasteiger charge is 2.36. The molecule has 22 heavy (non-hydrogen) atoms. The minimum Gasteiger partial charge on any atom is -0.377 e. The van der Waals surface area contributed by atoms with Crippen LogP contribution in [-0.4, -0.2) is 41.3 Å². The van der Waals surface area contributed by atoms with E-state index in [1.165, 1.54) is 0 Å². The lowest BCUT2D eigenvalue weighted by Crippen LogP contribution is -2.55. The molecular weight excluding hydrogens is 304 g/mol. The van der Waals surface area contributed by atoms with E-state index in [0.29, 0.717) is 30.5 Å². The van der Waals surface area contributed by atoms with Crippen molar-refractivity contribution in [1.82, 2.24) is 10.1 Å². The van der Waals surface area contributed by atoms with Gasteiger partial charge >= 0.3 is 0 Å². The zero-order valence-electron chi connectivity index (χ0n) is 12.5. The van der Waals surface area contributed by atoms with Gasteiger partial charge in [-0.05, 0) is 26.0 Å². The number of morpholine rings is 1. The van der Waals surface area contributed by atoms with E-state index in [0.717, 1.165) is 5.56 Å². The number of ether oxygens (including phenoxy) is 1. The lowest BCUT2D eigenvalue weighted by molar-refractivity contribution is -0.0385. The molecule has 3 rings (SSSR count). The van der Waals surface area contributed by atoms with Gasteiger partial charge < -0.3 is 14.2 Å². The molecule has 5 nitrogen and oxygen atoms in total. The van der Waals surface area contributed by atoms with E-state index in [1.54, 1.807) is 23.1 Å². The lowest BCUT2D eigenvalue weighted by atomic mass is 10.0. The molecule has 0 radical (unpaired) electrons. The number of carbonyl (C=O) groups excluding carboxylic acids is 1. The second-order valence-corrected chi connectivity index (χ2v) is 6.34. The van der Waals surface area contributed by atoms with Crippen LogP contribution in [0.3, 0.4) is 0 Å². The van der Waals surface area contributed by atoms with Crippen LogP contribution in [0.4, 0.5) is 0 Å². The van der Waals surface area contributed by atoms with Gasteiger partial charge in [0.1, 0.15) is 5.69 Å². The average Bonchev–Trinajstić information content (AvgIpc) is 2.96. The van der Waals surface area contributed by atoms with Crippen molar-refractivity contribution in [2.75, 3.05) is 19.8 Å². The molecule has 0 N–H and O–H groups in total. The fourth-order valence-electron chi connectivity index (χ4n) is 2.53.